The fourth-order valence-corrected chi connectivity index (χ4v) is 2.13. The first-order valence-corrected chi connectivity index (χ1v) is 6.53. The molecule has 5 nitrogen and oxygen atoms in total. The lowest BCUT2D eigenvalue weighted by molar-refractivity contribution is 0.397. The highest BCUT2D eigenvalue weighted by molar-refractivity contribution is 5.63. The quantitative estimate of drug-likeness (QED) is 0.801. The first-order chi connectivity index (χ1) is 10.2. The molecule has 0 saturated heterocycles. The first-order valence-electron chi connectivity index (χ1n) is 6.53. The molecule has 0 fully saturated rings. The van der Waals surface area contributed by atoms with E-state index in [2.05, 4.69) is 10.1 Å². The first kappa shape index (κ1) is 13.2. The standard InChI is InChI=1S/C16H15N3O2/c1-11-10-19(13-5-8-15(21-2)17-9-13)18-16(11)12-3-6-14(20)7-4-12/h3-10,20H,1-2H3. The number of hydrogen-bond acceptors (Lipinski definition) is 4. The minimum Gasteiger partial charge on any atom is -0.508 e. The van der Waals surface area contributed by atoms with Crippen LogP contribution in [0.4, 0.5) is 0 Å². The number of pyridine rings is 1. The number of phenolic OH excluding ortho intramolecular Hbond substituents is 1. The average Bonchev–Trinajstić information content (AvgIpc) is 2.90. The molecule has 2 heterocycles. The van der Waals surface area contributed by atoms with E-state index in [4.69, 9.17) is 4.74 Å². The lowest BCUT2D eigenvalue weighted by Crippen LogP contribution is -1.96. The third-order valence-corrected chi connectivity index (χ3v) is 3.23. The molecule has 0 unspecified atom stereocenters. The summed E-state index contributed by atoms with van der Waals surface area (Å²) in [6.45, 7) is 2.00. The molecule has 5 heteroatoms. The fourth-order valence-electron chi connectivity index (χ4n) is 2.13. The zero-order valence-corrected chi connectivity index (χ0v) is 11.8. The Morgan fingerprint density at radius 1 is 1.10 bits per heavy atom. The summed E-state index contributed by atoms with van der Waals surface area (Å²) in [4.78, 5) is 4.18. The molecule has 106 valence electrons. The number of phenols is 1. The molecule has 21 heavy (non-hydrogen) atoms. The normalized spacial score (nSPS) is 10.6. The summed E-state index contributed by atoms with van der Waals surface area (Å²) in [6.07, 6.45) is 3.66. The Morgan fingerprint density at radius 3 is 2.48 bits per heavy atom. The van der Waals surface area contributed by atoms with Crippen molar-refractivity contribution in [1.82, 2.24) is 14.8 Å². The number of rotatable bonds is 3. The van der Waals surface area contributed by atoms with Crippen LogP contribution in [0.15, 0.2) is 48.8 Å². The average molecular weight is 281 g/mol. The van der Waals surface area contributed by atoms with Crippen LogP contribution in [0.5, 0.6) is 11.6 Å². The van der Waals surface area contributed by atoms with E-state index in [0.717, 1.165) is 22.5 Å². The van der Waals surface area contributed by atoms with Crippen molar-refractivity contribution < 1.29 is 9.84 Å². The number of ether oxygens (including phenoxy) is 1. The molecule has 3 rings (SSSR count). The summed E-state index contributed by atoms with van der Waals surface area (Å²) in [6, 6.07) is 10.7. The second kappa shape index (κ2) is 5.28. The van der Waals surface area contributed by atoms with Crippen LogP contribution >= 0.6 is 0 Å². The van der Waals surface area contributed by atoms with E-state index in [1.807, 2.05) is 31.3 Å². The van der Waals surface area contributed by atoms with Gasteiger partial charge in [0.25, 0.3) is 0 Å². The Hall–Kier alpha value is -2.82. The highest BCUT2D eigenvalue weighted by Crippen LogP contribution is 2.24. The van der Waals surface area contributed by atoms with Gasteiger partial charge in [0.1, 0.15) is 5.75 Å². The SMILES string of the molecule is COc1ccc(-n2cc(C)c(-c3ccc(O)cc3)n2)cn1. The van der Waals surface area contributed by atoms with Gasteiger partial charge in [-0.1, -0.05) is 0 Å². The van der Waals surface area contributed by atoms with Crippen molar-refractivity contribution in [3.8, 4) is 28.6 Å². The van der Waals surface area contributed by atoms with Crippen LogP contribution < -0.4 is 4.74 Å². The molecule has 0 spiro atoms. The predicted octanol–water partition coefficient (Wildman–Crippen LogP) is 2.96. The van der Waals surface area contributed by atoms with Crippen LogP contribution in [-0.4, -0.2) is 27.0 Å². The molecule has 0 saturated carbocycles. The fraction of sp³-hybridized carbons (Fsp3) is 0.125. The van der Waals surface area contributed by atoms with Gasteiger partial charge in [-0.05, 0) is 42.8 Å². The number of aromatic hydroxyl groups is 1. The van der Waals surface area contributed by atoms with Gasteiger partial charge in [-0.3, -0.25) is 0 Å². The van der Waals surface area contributed by atoms with Gasteiger partial charge in [-0.2, -0.15) is 5.10 Å². The van der Waals surface area contributed by atoms with E-state index >= 15 is 0 Å². The summed E-state index contributed by atoms with van der Waals surface area (Å²) in [5.74, 6) is 0.816. The van der Waals surface area contributed by atoms with Crippen molar-refractivity contribution in [2.75, 3.05) is 7.11 Å². The van der Waals surface area contributed by atoms with Gasteiger partial charge in [0.15, 0.2) is 0 Å². The molecular formula is C16H15N3O2. The summed E-state index contributed by atoms with van der Waals surface area (Å²) < 4.78 is 6.83. The van der Waals surface area contributed by atoms with Crippen molar-refractivity contribution in [1.29, 1.82) is 0 Å². The summed E-state index contributed by atoms with van der Waals surface area (Å²) >= 11 is 0. The molecular weight excluding hydrogens is 266 g/mol. The van der Waals surface area contributed by atoms with E-state index in [-0.39, 0.29) is 5.75 Å². The highest BCUT2D eigenvalue weighted by atomic mass is 16.5. The summed E-state index contributed by atoms with van der Waals surface area (Å²) in [5, 5.41) is 13.9. The molecule has 0 amide bonds. The third kappa shape index (κ3) is 2.58. The van der Waals surface area contributed by atoms with Crippen LogP contribution in [0.2, 0.25) is 0 Å². The van der Waals surface area contributed by atoms with Crippen LogP contribution in [0.1, 0.15) is 5.56 Å². The van der Waals surface area contributed by atoms with Crippen molar-refractivity contribution in [3.63, 3.8) is 0 Å². The van der Waals surface area contributed by atoms with Crippen LogP contribution in [0.25, 0.3) is 16.9 Å². The molecule has 0 bridgehead atoms. The maximum Gasteiger partial charge on any atom is 0.213 e. The van der Waals surface area contributed by atoms with Gasteiger partial charge in [-0.15, -0.1) is 0 Å². The molecule has 0 radical (unpaired) electrons. The lowest BCUT2D eigenvalue weighted by Gasteiger charge is -2.02. The van der Waals surface area contributed by atoms with Crippen molar-refractivity contribution >= 4 is 0 Å². The Bertz CT molecular complexity index is 746. The Morgan fingerprint density at radius 2 is 1.86 bits per heavy atom. The van der Waals surface area contributed by atoms with Gasteiger partial charge in [0.05, 0.1) is 24.7 Å². The molecule has 2 aromatic heterocycles. The summed E-state index contributed by atoms with van der Waals surface area (Å²) in [5.41, 5.74) is 3.76. The molecule has 0 aliphatic rings. The number of aromatic nitrogens is 3. The maximum absolute atomic E-state index is 9.36. The second-order valence-electron chi connectivity index (χ2n) is 4.71. The monoisotopic (exact) mass is 281 g/mol. The van der Waals surface area contributed by atoms with Gasteiger partial charge in [-0.25, -0.2) is 9.67 Å². The van der Waals surface area contributed by atoms with Crippen LogP contribution in [-0.2, 0) is 0 Å². The second-order valence-corrected chi connectivity index (χ2v) is 4.71. The lowest BCUT2D eigenvalue weighted by atomic mass is 10.1. The largest absolute Gasteiger partial charge is 0.508 e. The maximum atomic E-state index is 9.36. The molecule has 0 aliphatic carbocycles. The molecule has 3 aromatic rings. The van der Waals surface area contributed by atoms with E-state index in [0.29, 0.717) is 5.88 Å². The number of benzene rings is 1. The predicted molar refractivity (Wildman–Crippen MR) is 79.7 cm³/mol. The molecule has 0 aliphatic heterocycles. The number of nitrogens with zero attached hydrogens (tertiary/aromatic N) is 3. The Kier molecular flexibility index (Phi) is 3.31. The smallest absolute Gasteiger partial charge is 0.213 e. The number of hydrogen-bond donors (Lipinski definition) is 1. The van der Waals surface area contributed by atoms with E-state index in [1.165, 1.54) is 0 Å². The summed E-state index contributed by atoms with van der Waals surface area (Å²) in [7, 11) is 1.59. The van der Waals surface area contributed by atoms with E-state index in [9.17, 15) is 5.11 Å². The minimum atomic E-state index is 0.246. The van der Waals surface area contributed by atoms with Gasteiger partial charge < -0.3 is 9.84 Å². The van der Waals surface area contributed by atoms with Crippen molar-refractivity contribution in [3.05, 3.63) is 54.4 Å². The van der Waals surface area contributed by atoms with Crippen LogP contribution in [0, 0.1) is 6.92 Å². The van der Waals surface area contributed by atoms with Gasteiger partial charge >= 0.3 is 0 Å². The van der Waals surface area contributed by atoms with Crippen LogP contribution in [0.3, 0.4) is 0 Å². The molecule has 0 atom stereocenters. The minimum absolute atomic E-state index is 0.246. The zero-order valence-electron chi connectivity index (χ0n) is 11.8. The Labute approximate surface area is 122 Å². The number of aryl methyl sites for hydroxylation is 1. The van der Waals surface area contributed by atoms with Gasteiger partial charge in [0, 0.05) is 17.8 Å². The number of methoxy groups -OCH3 is 1. The Balaban J connectivity index is 1.98. The topological polar surface area (TPSA) is 60.2 Å². The zero-order chi connectivity index (χ0) is 14.8. The van der Waals surface area contributed by atoms with Crippen molar-refractivity contribution in [2.45, 2.75) is 6.92 Å². The molecule has 1 N–H and O–H groups in total. The van der Waals surface area contributed by atoms with Crippen molar-refractivity contribution in [2.24, 2.45) is 0 Å². The van der Waals surface area contributed by atoms with Gasteiger partial charge in [0.2, 0.25) is 5.88 Å². The highest BCUT2D eigenvalue weighted by Gasteiger charge is 2.09. The van der Waals surface area contributed by atoms with E-state index in [1.54, 1.807) is 36.2 Å². The van der Waals surface area contributed by atoms with E-state index < -0.39 is 0 Å². The molecule has 1 aromatic carbocycles. The third-order valence-electron chi connectivity index (χ3n) is 3.23.